The summed E-state index contributed by atoms with van der Waals surface area (Å²) in [5.41, 5.74) is 3.22. The van der Waals surface area contributed by atoms with Crippen LogP contribution in [-0.4, -0.2) is 50.1 Å². The first-order valence-corrected chi connectivity index (χ1v) is 8.74. The Hall–Kier alpha value is -2.51. The van der Waals surface area contributed by atoms with Crippen LogP contribution < -0.4 is 0 Å². The highest BCUT2D eigenvalue weighted by molar-refractivity contribution is 6.31. The van der Waals surface area contributed by atoms with E-state index in [1.807, 2.05) is 32.0 Å². The molecule has 1 atom stereocenters. The molecule has 1 aliphatic rings. The first-order valence-electron chi connectivity index (χ1n) is 8.36. The van der Waals surface area contributed by atoms with Crippen molar-refractivity contribution in [3.63, 3.8) is 0 Å². The molecule has 0 N–H and O–H groups in total. The van der Waals surface area contributed by atoms with Crippen molar-refractivity contribution < 1.29 is 9.53 Å². The van der Waals surface area contributed by atoms with Crippen LogP contribution in [0.3, 0.4) is 0 Å². The second kappa shape index (κ2) is 6.66. The minimum atomic E-state index is -0.293. The van der Waals surface area contributed by atoms with Gasteiger partial charge in [0.2, 0.25) is 0 Å². The smallest absolute Gasteiger partial charge is 0.254 e. The van der Waals surface area contributed by atoms with Gasteiger partial charge >= 0.3 is 0 Å². The molecule has 1 saturated heterocycles. The van der Waals surface area contributed by atoms with Gasteiger partial charge in [0.15, 0.2) is 0 Å². The first-order chi connectivity index (χ1) is 12.5. The summed E-state index contributed by atoms with van der Waals surface area (Å²) in [7, 11) is 0. The van der Waals surface area contributed by atoms with Gasteiger partial charge in [-0.3, -0.25) is 4.79 Å². The first kappa shape index (κ1) is 16.9. The Labute approximate surface area is 155 Å². The lowest BCUT2D eigenvalue weighted by molar-refractivity contribution is -0.0257. The number of benzene rings is 1. The van der Waals surface area contributed by atoms with Gasteiger partial charge in [-0.05, 0) is 43.7 Å². The summed E-state index contributed by atoms with van der Waals surface area (Å²) >= 11 is 6.11. The van der Waals surface area contributed by atoms with Crippen LogP contribution in [0.25, 0.3) is 5.78 Å². The monoisotopic (exact) mass is 371 g/mol. The van der Waals surface area contributed by atoms with Crippen molar-refractivity contribution in [1.29, 1.82) is 0 Å². The fourth-order valence-electron chi connectivity index (χ4n) is 3.24. The molecule has 134 valence electrons. The lowest BCUT2D eigenvalue weighted by Gasteiger charge is -2.33. The van der Waals surface area contributed by atoms with Crippen molar-refractivity contribution in [3.05, 3.63) is 58.1 Å². The molecule has 26 heavy (non-hydrogen) atoms. The molecule has 8 heteroatoms. The number of halogens is 1. The molecule has 0 aliphatic carbocycles. The molecule has 7 nitrogen and oxygen atoms in total. The number of ether oxygens (including phenoxy) is 1. The molecule has 3 aromatic rings. The number of rotatable bonds is 2. The summed E-state index contributed by atoms with van der Waals surface area (Å²) in [4.78, 5) is 23.2. The summed E-state index contributed by atoms with van der Waals surface area (Å²) in [6, 6.07) is 7.31. The Morgan fingerprint density at radius 3 is 2.92 bits per heavy atom. The average Bonchev–Trinajstić information content (AvgIpc) is 3.08. The van der Waals surface area contributed by atoms with Crippen molar-refractivity contribution in [2.45, 2.75) is 20.0 Å². The average molecular weight is 372 g/mol. The van der Waals surface area contributed by atoms with Gasteiger partial charge < -0.3 is 9.64 Å². The molecule has 1 aliphatic heterocycles. The van der Waals surface area contributed by atoms with Gasteiger partial charge in [0.1, 0.15) is 12.4 Å². The van der Waals surface area contributed by atoms with E-state index in [1.165, 1.54) is 6.33 Å². The number of morpholine rings is 1. The third-order valence-corrected chi connectivity index (χ3v) is 4.60. The highest BCUT2D eigenvalue weighted by atomic mass is 35.5. The lowest BCUT2D eigenvalue weighted by Crippen LogP contribution is -2.42. The Balaban J connectivity index is 1.63. The van der Waals surface area contributed by atoms with Crippen molar-refractivity contribution in [2.75, 3.05) is 19.7 Å². The zero-order chi connectivity index (χ0) is 18.3. The van der Waals surface area contributed by atoms with E-state index in [0.717, 1.165) is 17.0 Å². The Bertz CT molecular complexity index is 967. The topological polar surface area (TPSA) is 72.6 Å². The maximum atomic E-state index is 12.9. The molecule has 4 rings (SSSR count). The Kier molecular flexibility index (Phi) is 4.34. The number of hydrogen-bond acceptors (Lipinski definition) is 5. The van der Waals surface area contributed by atoms with Gasteiger partial charge in [-0.15, -0.1) is 0 Å². The Morgan fingerprint density at radius 1 is 1.27 bits per heavy atom. The van der Waals surface area contributed by atoms with Gasteiger partial charge in [0.25, 0.3) is 11.7 Å². The number of carbonyl (C=O) groups is 1. The molecule has 0 radical (unpaired) electrons. The molecule has 3 heterocycles. The van der Waals surface area contributed by atoms with Gasteiger partial charge in [0, 0.05) is 22.8 Å². The quantitative estimate of drug-likeness (QED) is 0.692. The van der Waals surface area contributed by atoms with E-state index in [1.54, 1.807) is 15.5 Å². The van der Waals surface area contributed by atoms with E-state index in [0.29, 0.717) is 36.1 Å². The number of nitrogens with zero attached hydrogens (tertiary/aromatic N) is 5. The molecule has 0 unspecified atom stereocenters. The van der Waals surface area contributed by atoms with Gasteiger partial charge in [0.05, 0.1) is 18.8 Å². The Morgan fingerprint density at radius 2 is 2.12 bits per heavy atom. The zero-order valence-corrected chi connectivity index (χ0v) is 15.3. The van der Waals surface area contributed by atoms with Crippen molar-refractivity contribution in [2.24, 2.45) is 0 Å². The fourth-order valence-corrected chi connectivity index (χ4v) is 3.53. The second-order valence-corrected chi connectivity index (χ2v) is 6.86. The maximum absolute atomic E-state index is 12.9. The summed E-state index contributed by atoms with van der Waals surface area (Å²) in [6.45, 7) is 5.24. The van der Waals surface area contributed by atoms with Crippen LogP contribution in [-0.2, 0) is 4.74 Å². The highest BCUT2D eigenvalue weighted by Gasteiger charge is 2.28. The summed E-state index contributed by atoms with van der Waals surface area (Å²) in [6.07, 6.45) is 1.17. The predicted octanol–water partition coefficient (Wildman–Crippen LogP) is 2.61. The normalized spacial score (nSPS) is 17.7. The van der Waals surface area contributed by atoms with Crippen LogP contribution in [0.15, 0.2) is 30.6 Å². The van der Waals surface area contributed by atoms with E-state index >= 15 is 0 Å². The standard InChI is InChI=1S/C18H18ClN5O2/c1-11-5-13(8-14(19)6-11)17(25)23-3-4-26-16(9-23)15-7-12(2)22-18-20-10-21-24(15)18/h5-8,10,16H,3-4,9H2,1-2H3/t16-/m0/s1. The van der Waals surface area contributed by atoms with Crippen molar-refractivity contribution >= 4 is 23.3 Å². The maximum Gasteiger partial charge on any atom is 0.254 e. The number of aryl methyl sites for hydroxylation is 2. The number of fused-ring (bicyclic) bond motifs is 1. The molecular formula is C18H18ClN5O2. The number of hydrogen-bond donors (Lipinski definition) is 0. The largest absolute Gasteiger partial charge is 0.368 e. The predicted molar refractivity (Wildman–Crippen MR) is 96.3 cm³/mol. The minimum absolute atomic E-state index is 0.0514. The molecule has 1 fully saturated rings. The van der Waals surface area contributed by atoms with Gasteiger partial charge in [-0.2, -0.15) is 14.6 Å². The lowest BCUT2D eigenvalue weighted by atomic mass is 10.1. The van der Waals surface area contributed by atoms with E-state index < -0.39 is 0 Å². The minimum Gasteiger partial charge on any atom is -0.368 e. The van der Waals surface area contributed by atoms with Gasteiger partial charge in [-0.25, -0.2) is 4.98 Å². The highest BCUT2D eigenvalue weighted by Crippen LogP contribution is 2.25. The van der Waals surface area contributed by atoms with Crippen LogP contribution in [0.2, 0.25) is 5.02 Å². The molecule has 0 saturated carbocycles. The number of aromatic nitrogens is 4. The third-order valence-electron chi connectivity index (χ3n) is 4.38. The molecule has 0 spiro atoms. The van der Waals surface area contributed by atoms with Crippen LogP contribution in [0, 0.1) is 13.8 Å². The number of amides is 1. The van der Waals surface area contributed by atoms with Crippen LogP contribution in [0.4, 0.5) is 0 Å². The summed E-state index contributed by atoms with van der Waals surface area (Å²) in [5.74, 6) is 0.474. The molecule has 1 aromatic carbocycles. The number of carbonyl (C=O) groups excluding carboxylic acids is 1. The van der Waals surface area contributed by atoms with Crippen LogP contribution in [0.1, 0.15) is 33.4 Å². The van der Waals surface area contributed by atoms with Gasteiger partial charge in [-0.1, -0.05) is 11.6 Å². The van der Waals surface area contributed by atoms with E-state index in [2.05, 4.69) is 15.1 Å². The van der Waals surface area contributed by atoms with E-state index in [-0.39, 0.29) is 12.0 Å². The summed E-state index contributed by atoms with van der Waals surface area (Å²) in [5, 5.41) is 4.79. The molecular weight excluding hydrogens is 354 g/mol. The van der Waals surface area contributed by atoms with E-state index in [4.69, 9.17) is 16.3 Å². The SMILES string of the molecule is Cc1cc(Cl)cc(C(=O)N2CCO[C@H](c3cc(C)nc4ncnn34)C2)c1. The fraction of sp³-hybridized carbons (Fsp3) is 0.333. The molecule has 2 aromatic heterocycles. The van der Waals surface area contributed by atoms with Crippen LogP contribution in [0.5, 0.6) is 0 Å². The molecule has 1 amide bonds. The van der Waals surface area contributed by atoms with Crippen molar-refractivity contribution in [1.82, 2.24) is 24.5 Å². The van der Waals surface area contributed by atoms with Crippen LogP contribution >= 0.6 is 11.6 Å². The summed E-state index contributed by atoms with van der Waals surface area (Å²) < 4.78 is 7.59. The third kappa shape index (κ3) is 3.15. The molecule has 0 bridgehead atoms. The van der Waals surface area contributed by atoms with E-state index in [9.17, 15) is 4.79 Å². The second-order valence-electron chi connectivity index (χ2n) is 6.42. The van der Waals surface area contributed by atoms with Crippen molar-refractivity contribution in [3.8, 4) is 0 Å². The zero-order valence-electron chi connectivity index (χ0n) is 14.5.